The number of fused-ring (bicyclic) bond motifs is 1. The summed E-state index contributed by atoms with van der Waals surface area (Å²) >= 11 is 7.27. The summed E-state index contributed by atoms with van der Waals surface area (Å²) in [7, 11) is 0. The predicted octanol–water partition coefficient (Wildman–Crippen LogP) is 2.67. The highest BCUT2D eigenvalue weighted by atomic mass is 35.5. The van der Waals surface area contributed by atoms with Crippen LogP contribution in [0.2, 0.25) is 5.02 Å². The smallest absolute Gasteiger partial charge is 0.238 e. The van der Waals surface area contributed by atoms with E-state index in [2.05, 4.69) is 10.6 Å². The van der Waals surface area contributed by atoms with E-state index in [1.165, 1.54) is 11.8 Å². The largest absolute Gasteiger partial charge is 0.394 e. The van der Waals surface area contributed by atoms with E-state index in [4.69, 9.17) is 11.6 Å². The van der Waals surface area contributed by atoms with E-state index in [0.29, 0.717) is 23.0 Å². The third kappa shape index (κ3) is 5.12. The Hall–Kier alpha value is -1.24. The monoisotopic (exact) mass is 356 g/mol. The maximum Gasteiger partial charge on any atom is 0.238 e. The van der Waals surface area contributed by atoms with Crippen molar-refractivity contribution in [2.24, 2.45) is 5.92 Å². The molecule has 0 saturated heterocycles. The minimum atomic E-state index is -0.484. The lowest BCUT2D eigenvalue weighted by Crippen LogP contribution is -2.41. The summed E-state index contributed by atoms with van der Waals surface area (Å²) in [6, 6.07) is 5.02. The molecule has 126 valence electrons. The van der Waals surface area contributed by atoms with Gasteiger partial charge in [0.1, 0.15) is 0 Å². The molecular weight excluding hydrogens is 336 g/mol. The Labute approximate surface area is 145 Å². The van der Waals surface area contributed by atoms with Gasteiger partial charge in [-0.15, -0.1) is 11.8 Å². The number of nitrogens with one attached hydrogen (secondary N) is 2. The molecule has 2 amide bonds. The number of carbonyl (C=O) groups excluding carboxylic acids is 2. The van der Waals surface area contributed by atoms with Crippen LogP contribution in [0.5, 0.6) is 0 Å². The summed E-state index contributed by atoms with van der Waals surface area (Å²) in [5.41, 5.74) is 0.678. The van der Waals surface area contributed by atoms with Crippen LogP contribution in [0.4, 0.5) is 5.69 Å². The van der Waals surface area contributed by atoms with Gasteiger partial charge in [0, 0.05) is 16.3 Å². The molecule has 1 heterocycles. The first-order valence-electron chi connectivity index (χ1n) is 7.56. The summed E-state index contributed by atoms with van der Waals surface area (Å²) in [4.78, 5) is 25.2. The predicted molar refractivity (Wildman–Crippen MR) is 92.8 cm³/mol. The zero-order valence-corrected chi connectivity index (χ0v) is 14.7. The Morgan fingerprint density at radius 3 is 2.87 bits per heavy atom. The van der Waals surface area contributed by atoms with Gasteiger partial charge in [-0.2, -0.15) is 0 Å². The number of benzene rings is 1. The Morgan fingerprint density at radius 1 is 1.48 bits per heavy atom. The van der Waals surface area contributed by atoms with Crippen LogP contribution in [0.25, 0.3) is 0 Å². The minimum absolute atomic E-state index is 0.0765. The van der Waals surface area contributed by atoms with Crippen LogP contribution in [0.3, 0.4) is 0 Å². The maximum atomic E-state index is 12.1. The number of amides is 2. The van der Waals surface area contributed by atoms with Crippen LogP contribution in [0, 0.1) is 5.92 Å². The first kappa shape index (κ1) is 18.1. The molecule has 0 fully saturated rings. The summed E-state index contributed by atoms with van der Waals surface area (Å²) in [6.45, 7) is 3.96. The second-order valence-electron chi connectivity index (χ2n) is 6.02. The van der Waals surface area contributed by atoms with Gasteiger partial charge in [-0.25, -0.2) is 0 Å². The molecule has 0 spiro atoms. The van der Waals surface area contributed by atoms with Crippen molar-refractivity contribution < 1.29 is 14.7 Å². The molecule has 1 aromatic rings. The van der Waals surface area contributed by atoms with Gasteiger partial charge in [0.2, 0.25) is 11.8 Å². The van der Waals surface area contributed by atoms with Gasteiger partial charge in [0.15, 0.2) is 0 Å². The van der Waals surface area contributed by atoms with E-state index in [9.17, 15) is 14.7 Å². The standard InChI is InChI=1S/C16H21ClN2O3S/c1-9(2)5-11(8-20)18-15(21)7-14-16(22)19-12-6-10(17)3-4-13(12)23-14/h3-4,6,9,11,14,20H,5,7-8H2,1-2H3,(H,18,21)(H,19,22)/t11-,14-/m0/s1. The van der Waals surface area contributed by atoms with Crippen LogP contribution in [-0.2, 0) is 9.59 Å². The number of aliphatic hydroxyl groups is 1. The van der Waals surface area contributed by atoms with Crippen LogP contribution in [0.15, 0.2) is 23.1 Å². The van der Waals surface area contributed by atoms with E-state index in [0.717, 1.165) is 4.90 Å². The number of carbonyl (C=O) groups is 2. The summed E-state index contributed by atoms with van der Waals surface area (Å²) < 4.78 is 0. The van der Waals surface area contributed by atoms with Crippen molar-refractivity contribution >= 4 is 40.9 Å². The second kappa shape index (κ2) is 8.04. The zero-order valence-electron chi connectivity index (χ0n) is 13.1. The SMILES string of the molecule is CC(C)C[C@@H](CO)NC(=O)C[C@@H]1Sc2ccc(Cl)cc2NC1=O. The minimum Gasteiger partial charge on any atom is -0.394 e. The fraction of sp³-hybridized carbons (Fsp3) is 0.500. The zero-order chi connectivity index (χ0) is 17.0. The first-order chi connectivity index (χ1) is 10.9. The number of hydrogen-bond donors (Lipinski definition) is 3. The van der Waals surface area contributed by atoms with Crippen LogP contribution in [0.1, 0.15) is 26.7 Å². The normalized spacial score (nSPS) is 18.3. The molecule has 2 rings (SSSR count). The van der Waals surface area contributed by atoms with E-state index in [1.807, 2.05) is 19.9 Å². The molecular formula is C16H21ClN2O3S. The summed E-state index contributed by atoms with van der Waals surface area (Å²) in [5.74, 6) is -0.0597. The van der Waals surface area contributed by atoms with E-state index < -0.39 is 5.25 Å². The fourth-order valence-electron chi connectivity index (χ4n) is 2.46. The quantitative estimate of drug-likeness (QED) is 0.732. The fourth-order valence-corrected chi connectivity index (χ4v) is 3.72. The van der Waals surface area contributed by atoms with Gasteiger partial charge in [0.25, 0.3) is 0 Å². The van der Waals surface area contributed by atoms with Gasteiger partial charge in [0.05, 0.1) is 23.6 Å². The lowest BCUT2D eigenvalue weighted by molar-refractivity contribution is -0.124. The average Bonchev–Trinajstić information content (AvgIpc) is 2.47. The first-order valence-corrected chi connectivity index (χ1v) is 8.82. The summed E-state index contributed by atoms with van der Waals surface area (Å²) in [5, 5.41) is 15.0. The number of aliphatic hydroxyl groups excluding tert-OH is 1. The highest BCUT2D eigenvalue weighted by molar-refractivity contribution is 8.01. The summed E-state index contributed by atoms with van der Waals surface area (Å²) in [6.07, 6.45) is 0.779. The Kier molecular flexibility index (Phi) is 6.33. The molecule has 3 N–H and O–H groups in total. The molecule has 0 radical (unpaired) electrons. The second-order valence-corrected chi connectivity index (χ2v) is 7.70. The molecule has 0 bridgehead atoms. The van der Waals surface area contributed by atoms with Crippen LogP contribution >= 0.6 is 23.4 Å². The van der Waals surface area contributed by atoms with Crippen molar-refractivity contribution in [3.63, 3.8) is 0 Å². The highest BCUT2D eigenvalue weighted by Gasteiger charge is 2.29. The Balaban J connectivity index is 1.96. The number of anilines is 1. The average molecular weight is 357 g/mol. The lowest BCUT2D eigenvalue weighted by Gasteiger charge is -2.25. The van der Waals surface area contributed by atoms with Crippen LogP contribution in [-0.4, -0.2) is 34.8 Å². The molecule has 2 atom stereocenters. The van der Waals surface area contributed by atoms with E-state index in [1.54, 1.807) is 12.1 Å². The molecule has 0 saturated carbocycles. The van der Waals surface area contributed by atoms with Gasteiger partial charge in [-0.1, -0.05) is 25.4 Å². The van der Waals surface area contributed by atoms with Crippen molar-refractivity contribution in [2.75, 3.05) is 11.9 Å². The molecule has 0 aromatic heterocycles. The molecule has 1 aromatic carbocycles. The van der Waals surface area contributed by atoms with Crippen molar-refractivity contribution in [1.82, 2.24) is 5.32 Å². The third-order valence-corrected chi connectivity index (χ3v) is 4.98. The van der Waals surface area contributed by atoms with E-state index in [-0.39, 0.29) is 30.9 Å². The number of hydrogen-bond acceptors (Lipinski definition) is 4. The maximum absolute atomic E-state index is 12.1. The van der Waals surface area contributed by atoms with Gasteiger partial charge >= 0.3 is 0 Å². The van der Waals surface area contributed by atoms with Gasteiger partial charge < -0.3 is 15.7 Å². The topological polar surface area (TPSA) is 78.4 Å². The number of halogens is 1. The van der Waals surface area contributed by atoms with Crippen molar-refractivity contribution in [3.05, 3.63) is 23.2 Å². The van der Waals surface area contributed by atoms with Gasteiger partial charge in [-0.3, -0.25) is 9.59 Å². The van der Waals surface area contributed by atoms with Gasteiger partial charge in [-0.05, 0) is 30.5 Å². The van der Waals surface area contributed by atoms with Crippen molar-refractivity contribution in [3.8, 4) is 0 Å². The van der Waals surface area contributed by atoms with Crippen molar-refractivity contribution in [1.29, 1.82) is 0 Å². The molecule has 1 aliphatic heterocycles. The van der Waals surface area contributed by atoms with E-state index >= 15 is 0 Å². The Morgan fingerprint density at radius 2 is 2.22 bits per heavy atom. The molecule has 0 unspecified atom stereocenters. The molecule has 5 nitrogen and oxygen atoms in total. The third-order valence-electron chi connectivity index (χ3n) is 3.47. The molecule has 23 heavy (non-hydrogen) atoms. The van der Waals surface area contributed by atoms with Crippen LogP contribution < -0.4 is 10.6 Å². The molecule has 7 heteroatoms. The molecule has 1 aliphatic rings. The Bertz CT molecular complexity index is 595. The van der Waals surface area contributed by atoms with Crippen molar-refractivity contribution in [2.45, 2.75) is 42.9 Å². The highest BCUT2D eigenvalue weighted by Crippen LogP contribution is 2.38. The molecule has 0 aliphatic carbocycles. The number of rotatable bonds is 6. The lowest BCUT2D eigenvalue weighted by atomic mass is 10.0. The number of thioether (sulfide) groups is 1.